The topological polar surface area (TPSA) is 46.2 Å². The van der Waals surface area contributed by atoms with E-state index in [-0.39, 0.29) is 17.1 Å². The van der Waals surface area contributed by atoms with Gasteiger partial charge in [0.15, 0.2) is 0 Å². The molecule has 1 N–H and O–H groups in total. The number of halogens is 2. The van der Waals surface area contributed by atoms with E-state index in [4.69, 9.17) is 0 Å². The van der Waals surface area contributed by atoms with Gasteiger partial charge in [-0.2, -0.15) is 0 Å². The van der Waals surface area contributed by atoms with E-state index in [1.54, 1.807) is 20.9 Å². The molecule has 0 aliphatic carbocycles. The summed E-state index contributed by atoms with van der Waals surface area (Å²) in [6.07, 6.45) is 0.738. The van der Waals surface area contributed by atoms with Gasteiger partial charge in [0.25, 0.3) is 0 Å². The van der Waals surface area contributed by atoms with Gasteiger partial charge < -0.3 is 5.32 Å². The molecule has 1 atom stereocenters. The van der Waals surface area contributed by atoms with E-state index >= 15 is 0 Å². The van der Waals surface area contributed by atoms with Gasteiger partial charge in [-0.05, 0) is 38.4 Å². The number of rotatable bonds is 7. The lowest BCUT2D eigenvalue weighted by Crippen LogP contribution is -2.21. The van der Waals surface area contributed by atoms with Gasteiger partial charge in [0, 0.05) is 17.4 Å². The molecule has 0 saturated heterocycles. The highest BCUT2D eigenvalue weighted by Crippen LogP contribution is 2.26. The van der Waals surface area contributed by atoms with Crippen LogP contribution in [0.2, 0.25) is 0 Å². The summed E-state index contributed by atoms with van der Waals surface area (Å²) in [6, 6.07) is 2.10. The largest absolute Gasteiger partial charge is 0.313 e. The van der Waals surface area contributed by atoms with Gasteiger partial charge in [-0.1, -0.05) is 13.0 Å². The fraction of sp³-hybridized carbons (Fsp3) is 0.571. The molecule has 3 nitrogen and oxygen atoms in total. The molecule has 0 spiro atoms. The molecule has 1 aromatic carbocycles. The Bertz CT molecular complexity index is 559. The summed E-state index contributed by atoms with van der Waals surface area (Å²) in [6.45, 7) is 3.16. The van der Waals surface area contributed by atoms with Crippen LogP contribution in [0.1, 0.15) is 36.9 Å². The maximum Gasteiger partial charge on any atom is 0.150 e. The lowest BCUT2D eigenvalue weighted by molar-refractivity contribution is 0.465. The third kappa shape index (κ3) is 4.24. The predicted octanol–water partition coefficient (Wildman–Crippen LogP) is 2.75. The van der Waals surface area contributed by atoms with Gasteiger partial charge in [-0.3, -0.25) is 0 Å². The number of sulfone groups is 1. The van der Waals surface area contributed by atoms with Gasteiger partial charge in [-0.25, -0.2) is 17.2 Å². The van der Waals surface area contributed by atoms with Gasteiger partial charge in [0.05, 0.1) is 5.75 Å². The molecule has 0 bridgehead atoms. The van der Waals surface area contributed by atoms with Crippen molar-refractivity contribution in [3.63, 3.8) is 0 Å². The van der Waals surface area contributed by atoms with Crippen molar-refractivity contribution in [1.82, 2.24) is 5.32 Å². The smallest absolute Gasteiger partial charge is 0.150 e. The number of nitrogens with one attached hydrogen (secondary N) is 1. The Morgan fingerprint density at radius 2 is 1.95 bits per heavy atom. The predicted molar refractivity (Wildman–Crippen MR) is 76.5 cm³/mol. The fourth-order valence-electron chi connectivity index (χ4n) is 2.08. The van der Waals surface area contributed by atoms with Crippen LogP contribution in [-0.4, -0.2) is 27.0 Å². The Morgan fingerprint density at radius 3 is 2.50 bits per heavy atom. The summed E-state index contributed by atoms with van der Waals surface area (Å²) in [7, 11) is -1.44. The second-order valence-electron chi connectivity index (χ2n) is 4.81. The van der Waals surface area contributed by atoms with E-state index in [2.05, 4.69) is 5.32 Å². The highest BCUT2D eigenvalue weighted by molar-refractivity contribution is 7.91. The van der Waals surface area contributed by atoms with Crippen molar-refractivity contribution < 1.29 is 17.2 Å². The average molecular weight is 305 g/mol. The molecule has 0 heterocycles. The maximum atomic E-state index is 14.0. The van der Waals surface area contributed by atoms with Crippen molar-refractivity contribution in [2.45, 2.75) is 32.7 Å². The highest BCUT2D eigenvalue weighted by atomic mass is 32.2. The van der Waals surface area contributed by atoms with Gasteiger partial charge in [0.1, 0.15) is 21.5 Å². The zero-order chi connectivity index (χ0) is 15.3. The summed E-state index contributed by atoms with van der Waals surface area (Å²) in [4.78, 5) is 0. The highest BCUT2D eigenvalue weighted by Gasteiger charge is 2.20. The molecular formula is C14H21F2NO2S. The van der Waals surface area contributed by atoms with Crippen molar-refractivity contribution >= 4 is 9.84 Å². The van der Waals surface area contributed by atoms with E-state index in [1.807, 2.05) is 0 Å². The van der Waals surface area contributed by atoms with Crippen LogP contribution in [0, 0.1) is 18.6 Å². The molecule has 0 aliphatic rings. The van der Waals surface area contributed by atoms with E-state index in [0.29, 0.717) is 18.4 Å². The molecule has 1 aromatic rings. The standard InChI is InChI=1S/C14H21F2NO2S/c1-4-20(18,19)9-5-6-12(17-3)13-11(15)8-7-10(2)14(13)16/h7-8,12,17H,4-6,9H2,1-3H3. The molecule has 0 fully saturated rings. The van der Waals surface area contributed by atoms with Crippen LogP contribution in [0.15, 0.2) is 12.1 Å². The summed E-state index contributed by atoms with van der Waals surface area (Å²) in [5.74, 6) is -1.05. The molecule has 0 amide bonds. The third-order valence-corrected chi connectivity index (χ3v) is 5.19. The van der Waals surface area contributed by atoms with Crippen LogP contribution in [0.4, 0.5) is 8.78 Å². The molecule has 0 aliphatic heterocycles. The second-order valence-corrected chi connectivity index (χ2v) is 7.28. The Labute approximate surface area is 119 Å². The van der Waals surface area contributed by atoms with Crippen molar-refractivity contribution in [3.05, 3.63) is 34.9 Å². The van der Waals surface area contributed by atoms with Crippen LogP contribution >= 0.6 is 0 Å². The van der Waals surface area contributed by atoms with Gasteiger partial charge in [0.2, 0.25) is 0 Å². The third-order valence-electron chi connectivity index (χ3n) is 3.40. The minimum Gasteiger partial charge on any atom is -0.313 e. The second kappa shape index (κ2) is 7.13. The minimum atomic E-state index is -3.05. The Morgan fingerprint density at radius 1 is 1.30 bits per heavy atom. The first kappa shape index (κ1) is 17.0. The van der Waals surface area contributed by atoms with Gasteiger partial charge >= 0.3 is 0 Å². The lowest BCUT2D eigenvalue weighted by Gasteiger charge is -2.19. The fourth-order valence-corrected chi connectivity index (χ4v) is 2.98. The van der Waals surface area contributed by atoms with Crippen molar-refractivity contribution in [1.29, 1.82) is 0 Å². The molecule has 1 rings (SSSR count). The molecule has 0 aromatic heterocycles. The summed E-state index contributed by atoms with van der Waals surface area (Å²) in [5, 5.41) is 2.86. The maximum absolute atomic E-state index is 14.0. The molecule has 0 radical (unpaired) electrons. The molecule has 114 valence electrons. The minimum absolute atomic E-state index is 0.0126. The number of hydrogen-bond acceptors (Lipinski definition) is 3. The van der Waals surface area contributed by atoms with Crippen molar-refractivity contribution in [2.75, 3.05) is 18.6 Å². The monoisotopic (exact) mass is 305 g/mol. The Hall–Kier alpha value is -1.01. The van der Waals surface area contributed by atoms with Crippen molar-refractivity contribution in [2.24, 2.45) is 0 Å². The molecular weight excluding hydrogens is 284 g/mol. The normalized spacial score (nSPS) is 13.4. The zero-order valence-electron chi connectivity index (χ0n) is 12.0. The van der Waals surface area contributed by atoms with Crippen LogP contribution < -0.4 is 5.32 Å². The average Bonchev–Trinajstić information content (AvgIpc) is 2.41. The van der Waals surface area contributed by atoms with Crippen LogP contribution in [-0.2, 0) is 9.84 Å². The first-order valence-corrected chi connectivity index (χ1v) is 8.46. The Kier molecular flexibility index (Phi) is 6.07. The lowest BCUT2D eigenvalue weighted by atomic mass is 9.99. The quantitative estimate of drug-likeness (QED) is 0.842. The summed E-state index contributed by atoms with van der Waals surface area (Å²) in [5.41, 5.74) is 0.365. The summed E-state index contributed by atoms with van der Waals surface area (Å²) >= 11 is 0. The zero-order valence-corrected chi connectivity index (χ0v) is 12.9. The van der Waals surface area contributed by atoms with Crippen LogP contribution in [0.3, 0.4) is 0 Å². The molecule has 20 heavy (non-hydrogen) atoms. The first-order valence-electron chi connectivity index (χ1n) is 6.64. The van der Waals surface area contributed by atoms with E-state index < -0.39 is 27.5 Å². The number of aryl methyl sites for hydroxylation is 1. The SMILES string of the molecule is CCS(=O)(=O)CCCC(NC)c1c(F)ccc(C)c1F. The van der Waals surface area contributed by atoms with Gasteiger partial charge in [-0.15, -0.1) is 0 Å². The molecule has 6 heteroatoms. The Balaban J connectivity index is 2.85. The summed E-state index contributed by atoms with van der Waals surface area (Å²) < 4.78 is 50.7. The molecule has 1 unspecified atom stereocenters. The van der Waals surface area contributed by atoms with Crippen LogP contribution in [0.5, 0.6) is 0 Å². The van der Waals surface area contributed by atoms with E-state index in [1.165, 1.54) is 12.1 Å². The van der Waals surface area contributed by atoms with E-state index in [0.717, 1.165) is 0 Å². The number of benzene rings is 1. The van der Waals surface area contributed by atoms with Crippen molar-refractivity contribution in [3.8, 4) is 0 Å². The molecule has 0 saturated carbocycles. The van der Waals surface area contributed by atoms with Crippen LogP contribution in [0.25, 0.3) is 0 Å². The number of hydrogen-bond donors (Lipinski definition) is 1. The van der Waals surface area contributed by atoms with E-state index in [9.17, 15) is 17.2 Å². The first-order chi connectivity index (χ1) is 9.32.